The summed E-state index contributed by atoms with van der Waals surface area (Å²) in [5.74, 6) is 0. The van der Waals surface area contributed by atoms with E-state index < -0.39 is 0 Å². The van der Waals surface area contributed by atoms with Crippen LogP contribution in [0.4, 0.5) is 0 Å². The van der Waals surface area contributed by atoms with Gasteiger partial charge in [0, 0.05) is 0 Å². The molecule has 83 valence electrons. The molecule has 0 saturated heterocycles. The molecule has 0 amide bonds. The van der Waals surface area contributed by atoms with E-state index in [1.165, 1.54) is 32.3 Å². The van der Waals surface area contributed by atoms with Crippen molar-refractivity contribution in [2.45, 2.75) is 0 Å². The van der Waals surface area contributed by atoms with Gasteiger partial charge >= 0.3 is 0 Å². The zero-order valence-electron chi connectivity index (χ0n) is 9.85. The lowest BCUT2D eigenvalue weighted by Gasteiger charge is -2.12. The monoisotopic (exact) mass is 227 g/mol. The highest BCUT2D eigenvalue weighted by atomic mass is 14.1. The van der Waals surface area contributed by atoms with Crippen LogP contribution in [0.15, 0.2) is 54.6 Å². The molecule has 0 heterocycles. The molecule has 0 aliphatic heterocycles. The second-order valence-corrected chi connectivity index (χ2v) is 4.68. The summed E-state index contributed by atoms with van der Waals surface area (Å²) in [7, 11) is 0. The summed E-state index contributed by atoms with van der Waals surface area (Å²) in [5, 5.41) is 7.76. The molecule has 0 aromatic heterocycles. The van der Waals surface area contributed by atoms with E-state index >= 15 is 0 Å². The minimum Gasteiger partial charge on any atom is -0.0616 e. The average molecular weight is 227 g/mol. The van der Waals surface area contributed by atoms with Crippen LogP contribution in [-0.4, -0.2) is 0 Å². The first kappa shape index (κ1) is 9.67. The summed E-state index contributed by atoms with van der Waals surface area (Å²) in [6.07, 6.45) is 1.69. The van der Waals surface area contributed by atoms with Crippen LogP contribution in [0.3, 0.4) is 0 Å². The average Bonchev–Trinajstić information content (AvgIpc) is 2.44. The lowest BCUT2D eigenvalue weighted by atomic mass is 9.92. The summed E-state index contributed by atoms with van der Waals surface area (Å²) < 4.78 is 0. The minimum absolute atomic E-state index is 1.10. The Morgan fingerprint density at radius 1 is 0.667 bits per heavy atom. The number of hydrogen-bond donors (Lipinski definition) is 0. The zero-order chi connectivity index (χ0) is 12.1. The predicted molar refractivity (Wildman–Crippen MR) is 78.9 cm³/mol. The lowest BCUT2D eigenvalue weighted by molar-refractivity contribution is 1.75. The molecule has 4 rings (SSSR count). The maximum absolute atomic E-state index is 5.72. The third-order valence-electron chi connectivity index (χ3n) is 3.74. The maximum Gasteiger partial charge on any atom is -0.00208 e. The Hall–Kier alpha value is -2.34. The first-order valence-corrected chi connectivity index (χ1v) is 6.10. The van der Waals surface area contributed by atoms with Crippen molar-refractivity contribution in [3.63, 3.8) is 0 Å². The van der Waals surface area contributed by atoms with Crippen molar-refractivity contribution in [2.75, 3.05) is 0 Å². The highest BCUT2D eigenvalue weighted by molar-refractivity contribution is 6.24. The van der Waals surface area contributed by atoms with Gasteiger partial charge in [0.2, 0.25) is 0 Å². The van der Waals surface area contributed by atoms with E-state index in [1.54, 1.807) is 6.08 Å². The molecule has 0 heteroatoms. The Morgan fingerprint density at radius 2 is 1.28 bits per heavy atom. The largest absolute Gasteiger partial charge is 0.0616 e. The fraction of sp³-hybridized carbons (Fsp3) is 0. The minimum atomic E-state index is 1.10. The Labute approximate surface area is 105 Å². The Kier molecular flexibility index (Phi) is 1.79. The van der Waals surface area contributed by atoms with Crippen molar-refractivity contribution in [1.82, 2.24) is 0 Å². The van der Waals surface area contributed by atoms with Crippen molar-refractivity contribution in [1.29, 1.82) is 0 Å². The van der Waals surface area contributed by atoms with Crippen LogP contribution in [0, 0.1) is 6.58 Å². The molecule has 0 nitrogen and oxygen atoms in total. The van der Waals surface area contributed by atoms with E-state index in [9.17, 15) is 0 Å². The topological polar surface area (TPSA) is 0 Å². The van der Waals surface area contributed by atoms with Crippen molar-refractivity contribution in [2.24, 2.45) is 0 Å². The Bertz CT molecular complexity index is 868. The molecule has 0 bridgehead atoms. The molecule has 0 spiro atoms. The highest BCUT2D eigenvalue weighted by Crippen LogP contribution is 2.35. The SMILES string of the molecule is [CH]=Cc1ccc2ccc3cccc4ccc1c2c34. The van der Waals surface area contributed by atoms with E-state index in [0.717, 1.165) is 5.56 Å². The second kappa shape index (κ2) is 3.33. The van der Waals surface area contributed by atoms with Crippen molar-refractivity contribution < 1.29 is 0 Å². The fourth-order valence-electron chi connectivity index (χ4n) is 2.90. The van der Waals surface area contributed by atoms with Gasteiger partial charge in [0.1, 0.15) is 0 Å². The lowest BCUT2D eigenvalue weighted by Crippen LogP contribution is -1.85. The van der Waals surface area contributed by atoms with E-state index in [4.69, 9.17) is 6.58 Å². The summed E-state index contributed by atoms with van der Waals surface area (Å²) >= 11 is 0. The summed E-state index contributed by atoms with van der Waals surface area (Å²) in [4.78, 5) is 0. The van der Waals surface area contributed by atoms with E-state index in [1.807, 2.05) is 0 Å². The summed E-state index contributed by atoms with van der Waals surface area (Å²) in [5.41, 5.74) is 1.10. The molecule has 0 unspecified atom stereocenters. The van der Waals surface area contributed by atoms with Crippen LogP contribution in [-0.2, 0) is 0 Å². The molecule has 1 radical (unpaired) electrons. The summed E-state index contributed by atoms with van der Waals surface area (Å²) in [6, 6.07) is 19.4. The molecular formula is C18H11. The van der Waals surface area contributed by atoms with E-state index in [0.29, 0.717) is 0 Å². The van der Waals surface area contributed by atoms with Crippen LogP contribution < -0.4 is 0 Å². The molecule has 0 fully saturated rings. The van der Waals surface area contributed by atoms with Gasteiger partial charge in [-0.25, -0.2) is 0 Å². The van der Waals surface area contributed by atoms with E-state index in [2.05, 4.69) is 54.6 Å². The van der Waals surface area contributed by atoms with Crippen LogP contribution in [0.25, 0.3) is 38.4 Å². The molecule has 0 N–H and O–H groups in total. The van der Waals surface area contributed by atoms with Crippen molar-refractivity contribution in [3.8, 4) is 0 Å². The van der Waals surface area contributed by atoms with Crippen LogP contribution in [0.5, 0.6) is 0 Å². The highest BCUT2D eigenvalue weighted by Gasteiger charge is 2.08. The molecule has 0 aliphatic rings. The molecule has 0 aliphatic carbocycles. The normalized spacial score (nSPS) is 11.6. The Morgan fingerprint density at radius 3 is 2.00 bits per heavy atom. The van der Waals surface area contributed by atoms with E-state index in [-0.39, 0.29) is 0 Å². The fourth-order valence-corrected chi connectivity index (χ4v) is 2.90. The molecule has 18 heavy (non-hydrogen) atoms. The van der Waals surface area contributed by atoms with Crippen molar-refractivity contribution >= 4 is 38.4 Å². The van der Waals surface area contributed by atoms with Gasteiger partial charge in [0.15, 0.2) is 0 Å². The standard InChI is InChI=1S/C18H11/c1-2-12-6-7-15-9-8-13-4-3-5-14-10-11-16(12)18(15)17(13)14/h1-11H. The summed E-state index contributed by atoms with van der Waals surface area (Å²) in [6.45, 7) is 5.72. The van der Waals surface area contributed by atoms with Crippen LogP contribution in [0.1, 0.15) is 5.56 Å². The van der Waals surface area contributed by atoms with Crippen LogP contribution >= 0.6 is 0 Å². The maximum atomic E-state index is 5.72. The quantitative estimate of drug-likeness (QED) is 0.400. The zero-order valence-corrected chi connectivity index (χ0v) is 9.85. The number of benzene rings is 4. The molecule has 0 saturated carbocycles. The first-order chi connectivity index (χ1) is 8.88. The molecule has 4 aromatic rings. The Balaban J connectivity index is 2.43. The third-order valence-corrected chi connectivity index (χ3v) is 3.74. The van der Waals surface area contributed by atoms with Gasteiger partial charge in [-0.1, -0.05) is 67.3 Å². The van der Waals surface area contributed by atoms with Crippen LogP contribution in [0.2, 0.25) is 0 Å². The van der Waals surface area contributed by atoms with Gasteiger partial charge in [-0.2, -0.15) is 0 Å². The van der Waals surface area contributed by atoms with Gasteiger partial charge in [-0.05, 0) is 37.9 Å². The van der Waals surface area contributed by atoms with Crippen molar-refractivity contribution in [3.05, 3.63) is 66.7 Å². The molecule has 0 atom stereocenters. The number of rotatable bonds is 1. The second-order valence-electron chi connectivity index (χ2n) is 4.68. The molecule has 4 aromatic carbocycles. The smallest absolute Gasteiger partial charge is 0.00208 e. The van der Waals surface area contributed by atoms with Gasteiger partial charge in [-0.15, -0.1) is 0 Å². The van der Waals surface area contributed by atoms with Gasteiger partial charge < -0.3 is 0 Å². The number of hydrogen-bond acceptors (Lipinski definition) is 0. The third kappa shape index (κ3) is 1.10. The molecular weight excluding hydrogens is 216 g/mol. The predicted octanol–water partition coefficient (Wildman–Crippen LogP) is 5.03. The van der Waals surface area contributed by atoms with Gasteiger partial charge in [0.05, 0.1) is 0 Å². The first-order valence-electron chi connectivity index (χ1n) is 6.10. The van der Waals surface area contributed by atoms with Gasteiger partial charge in [-0.3, -0.25) is 0 Å². The van der Waals surface area contributed by atoms with Gasteiger partial charge in [0.25, 0.3) is 0 Å².